The minimum Gasteiger partial charge on any atom is -0.338 e. The zero-order chi connectivity index (χ0) is 20.0. The number of thiazole rings is 1. The van der Waals surface area contributed by atoms with Gasteiger partial charge in [-0.3, -0.25) is 5.32 Å². The molecule has 28 heavy (non-hydrogen) atoms. The van der Waals surface area contributed by atoms with Gasteiger partial charge in [0.2, 0.25) is 0 Å². The van der Waals surface area contributed by atoms with E-state index in [-0.39, 0.29) is 11.4 Å². The second-order valence-corrected chi connectivity index (χ2v) is 9.27. The number of carbonyl (C=O) groups is 1. The predicted molar refractivity (Wildman–Crippen MR) is 119 cm³/mol. The van der Waals surface area contributed by atoms with E-state index in [1.54, 1.807) is 0 Å². The Hall–Kier alpha value is -1.48. The van der Waals surface area contributed by atoms with Crippen LogP contribution in [0.15, 0.2) is 34.1 Å². The van der Waals surface area contributed by atoms with Crippen LogP contribution in [0.1, 0.15) is 31.5 Å². The molecule has 1 saturated heterocycles. The fraction of sp³-hybridized carbons (Fsp3) is 0.500. The lowest BCUT2D eigenvalue weighted by atomic mass is 9.82. The molecule has 1 fully saturated rings. The topological polar surface area (TPSA) is 69.3 Å². The Bertz CT molecular complexity index is 771. The molecular formula is C20H28BrN5OS. The van der Waals surface area contributed by atoms with E-state index in [4.69, 9.17) is 0 Å². The molecule has 8 heteroatoms. The van der Waals surface area contributed by atoms with E-state index >= 15 is 0 Å². The Morgan fingerprint density at radius 1 is 1.29 bits per heavy atom. The van der Waals surface area contributed by atoms with E-state index < -0.39 is 0 Å². The number of amides is 2. The highest BCUT2D eigenvalue weighted by atomic mass is 79.9. The summed E-state index contributed by atoms with van der Waals surface area (Å²) in [6, 6.07) is 8.08. The van der Waals surface area contributed by atoms with Crippen molar-refractivity contribution in [3.8, 4) is 0 Å². The summed E-state index contributed by atoms with van der Waals surface area (Å²) in [6.45, 7) is 10.2. The summed E-state index contributed by atoms with van der Waals surface area (Å²) >= 11 is 4.93. The van der Waals surface area contributed by atoms with Crippen LogP contribution in [0.3, 0.4) is 0 Å². The van der Waals surface area contributed by atoms with Crippen molar-refractivity contribution < 1.29 is 4.79 Å². The SMILES string of the molecule is CC(C)(c1ccc(Br)cc1)c1csc(NC(=O)NCCCN2CCNCC2)n1. The summed E-state index contributed by atoms with van der Waals surface area (Å²) in [4.78, 5) is 19.2. The summed E-state index contributed by atoms with van der Waals surface area (Å²) < 4.78 is 1.06. The first-order valence-electron chi connectivity index (χ1n) is 9.65. The zero-order valence-electron chi connectivity index (χ0n) is 16.4. The van der Waals surface area contributed by atoms with Crippen LogP contribution in [0.5, 0.6) is 0 Å². The van der Waals surface area contributed by atoms with Gasteiger partial charge in [0.1, 0.15) is 0 Å². The summed E-state index contributed by atoms with van der Waals surface area (Å²) in [5, 5.41) is 11.8. The van der Waals surface area contributed by atoms with Gasteiger partial charge in [-0.2, -0.15) is 0 Å². The third-order valence-corrected chi connectivity index (χ3v) is 6.36. The Morgan fingerprint density at radius 3 is 2.71 bits per heavy atom. The average Bonchev–Trinajstić information content (AvgIpc) is 3.16. The predicted octanol–water partition coefficient (Wildman–Crippen LogP) is 3.65. The first-order valence-corrected chi connectivity index (χ1v) is 11.3. The van der Waals surface area contributed by atoms with Gasteiger partial charge in [-0.05, 0) is 30.7 Å². The van der Waals surface area contributed by atoms with Crippen LogP contribution in [-0.4, -0.2) is 55.2 Å². The maximum Gasteiger partial charge on any atom is 0.321 e. The van der Waals surface area contributed by atoms with Crippen molar-refractivity contribution in [2.45, 2.75) is 25.7 Å². The van der Waals surface area contributed by atoms with Crippen LogP contribution >= 0.6 is 27.3 Å². The summed E-state index contributed by atoms with van der Waals surface area (Å²) in [5.74, 6) is 0. The molecule has 3 N–H and O–H groups in total. The third-order valence-electron chi connectivity index (χ3n) is 5.08. The Morgan fingerprint density at radius 2 is 2.00 bits per heavy atom. The highest BCUT2D eigenvalue weighted by Crippen LogP contribution is 2.33. The molecule has 1 aliphatic heterocycles. The second kappa shape index (κ2) is 9.82. The van der Waals surface area contributed by atoms with E-state index in [2.05, 4.69) is 67.7 Å². The van der Waals surface area contributed by atoms with Crippen molar-refractivity contribution in [1.29, 1.82) is 0 Å². The first kappa shape index (κ1) is 21.2. The molecule has 0 atom stereocenters. The van der Waals surface area contributed by atoms with Crippen LogP contribution in [0.4, 0.5) is 9.93 Å². The molecule has 0 radical (unpaired) electrons. The van der Waals surface area contributed by atoms with Gasteiger partial charge in [0.15, 0.2) is 5.13 Å². The number of hydrogen-bond donors (Lipinski definition) is 3. The maximum absolute atomic E-state index is 12.1. The number of carbonyl (C=O) groups excluding carboxylic acids is 1. The smallest absolute Gasteiger partial charge is 0.321 e. The van der Waals surface area contributed by atoms with Gasteiger partial charge in [0, 0.05) is 48.0 Å². The molecule has 0 unspecified atom stereocenters. The van der Waals surface area contributed by atoms with Crippen LogP contribution < -0.4 is 16.0 Å². The fourth-order valence-electron chi connectivity index (χ4n) is 3.21. The molecule has 0 saturated carbocycles. The maximum atomic E-state index is 12.1. The molecule has 1 aromatic carbocycles. The minimum atomic E-state index is -0.225. The highest BCUT2D eigenvalue weighted by Gasteiger charge is 2.26. The molecule has 0 spiro atoms. The number of hydrogen-bond acceptors (Lipinski definition) is 5. The number of piperazine rings is 1. The van der Waals surface area contributed by atoms with Crippen molar-refractivity contribution in [2.24, 2.45) is 0 Å². The summed E-state index contributed by atoms with van der Waals surface area (Å²) in [6.07, 6.45) is 0.952. The van der Waals surface area contributed by atoms with E-state index in [0.717, 1.165) is 49.3 Å². The van der Waals surface area contributed by atoms with Crippen molar-refractivity contribution in [2.75, 3.05) is 44.6 Å². The molecule has 0 aliphatic carbocycles. The molecule has 6 nitrogen and oxygen atoms in total. The number of halogens is 1. The largest absolute Gasteiger partial charge is 0.338 e. The zero-order valence-corrected chi connectivity index (χ0v) is 18.8. The Balaban J connectivity index is 1.46. The summed E-state index contributed by atoms with van der Waals surface area (Å²) in [5.41, 5.74) is 1.91. The number of rotatable bonds is 7. The number of aromatic nitrogens is 1. The normalized spacial score (nSPS) is 15.4. The standard InChI is InChI=1S/C20H28BrN5OS/c1-20(2,15-4-6-16(21)7-5-15)17-14-28-19(24-17)25-18(27)23-8-3-11-26-12-9-22-10-13-26/h4-7,14,22H,3,8-13H2,1-2H3,(H2,23,24,25,27). The molecule has 1 aliphatic rings. The monoisotopic (exact) mass is 465 g/mol. The van der Waals surface area contributed by atoms with Gasteiger partial charge in [-0.15, -0.1) is 11.3 Å². The van der Waals surface area contributed by atoms with E-state index in [0.29, 0.717) is 11.7 Å². The van der Waals surface area contributed by atoms with Crippen molar-refractivity contribution in [1.82, 2.24) is 20.5 Å². The van der Waals surface area contributed by atoms with E-state index in [1.165, 1.54) is 16.9 Å². The number of benzene rings is 1. The number of nitrogens with zero attached hydrogens (tertiary/aromatic N) is 2. The van der Waals surface area contributed by atoms with Crippen LogP contribution in [-0.2, 0) is 5.41 Å². The van der Waals surface area contributed by atoms with Crippen LogP contribution in [0, 0.1) is 0 Å². The number of anilines is 1. The van der Waals surface area contributed by atoms with Crippen LogP contribution in [0.25, 0.3) is 0 Å². The number of nitrogens with one attached hydrogen (secondary N) is 3. The lowest BCUT2D eigenvalue weighted by molar-refractivity contribution is 0.234. The first-order chi connectivity index (χ1) is 13.4. The fourth-order valence-corrected chi connectivity index (χ4v) is 4.35. The second-order valence-electron chi connectivity index (χ2n) is 7.50. The van der Waals surface area contributed by atoms with Gasteiger partial charge in [0.05, 0.1) is 5.69 Å². The lowest BCUT2D eigenvalue weighted by Crippen LogP contribution is -2.44. The van der Waals surface area contributed by atoms with E-state index in [1.807, 2.05) is 17.5 Å². The quantitative estimate of drug-likeness (QED) is 0.545. The molecule has 2 heterocycles. The van der Waals surface area contributed by atoms with Gasteiger partial charge in [0.25, 0.3) is 0 Å². The Kier molecular flexibility index (Phi) is 7.45. The van der Waals surface area contributed by atoms with Gasteiger partial charge in [-0.25, -0.2) is 9.78 Å². The molecular weight excluding hydrogens is 438 g/mol. The highest BCUT2D eigenvalue weighted by molar-refractivity contribution is 9.10. The van der Waals surface area contributed by atoms with Crippen molar-refractivity contribution in [3.63, 3.8) is 0 Å². The molecule has 3 rings (SSSR count). The van der Waals surface area contributed by atoms with E-state index in [9.17, 15) is 4.79 Å². The number of urea groups is 1. The van der Waals surface area contributed by atoms with Gasteiger partial charge >= 0.3 is 6.03 Å². The molecule has 0 bridgehead atoms. The van der Waals surface area contributed by atoms with Gasteiger partial charge < -0.3 is 15.5 Å². The van der Waals surface area contributed by atoms with Crippen LogP contribution in [0.2, 0.25) is 0 Å². The molecule has 1 aromatic heterocycles. The molecule has 2 aromatic rings. The van der Waals surface area contributed by atoms with Crippen molar-refractivity contribution in [3.05, 3.63) is 45.4 Å². The third kappa shape index (κ3) is 5.76. The average molecular weight is 466 g/mol. The Labute approximate surface area is 179 Å². The molecule has 2 amide bonds. The minimum absolute atomic E-state index is 0.192. The lowest BCUT2D eigenvalue weighted by Gasteiger charge is -2.27. The van der Waals surface area contributed by atoms with Gasteiger partial charge in [-0.1, -0.05) is 41.9 Å². The van der Waals surface area contributed by atoms with Crippen molar-refractivity contribution >= 4 is 38.4 Å². The summed E-state index contributed by atoms with van der Waals surface area (Å²) in [7, 11) is 0. The molecule has 152 valence electrons.